The topological polar surface area (TPSA) is 75.2 Å². The second-order valence-electron chi connectivity index (χ2n) is 8.86. The van der Waals surface area contributed by atoms with Crippen LogP contribution in [-0.2, 0) is 10.2 Å². The van der Waals surface area contributed by atoms with Crippen LogP contribution in [0.4, 0.5) is 0 Å². The van der Waals surface area contributed by atoms with Crippen molar-refractivity contribution in [1.29, 1.82) is 0 Å². The number of benzene rings is 1. The molecule has 2 N–H and O–H groups in total. The van der Waals surface area contributed by atoms with E-state index in [4.69, 9.17) is 14.5 Å². The first-order valence-corrected chi connectivity index (χ1v) is 11.9. The van der Waals surface area contributed by atoms with Crippen LogP contribution in [0.3, 0.4) is 0 Å². The van der Waals surface area contributed by atoms with Crippen LogP contribution in [0.2, 0.25) is 0 Å². The van der Waals surface area contributed by atoms with Gasteiger partial charge in [-0.2, -0.15) is 0 Å². The number of nitrogens with one attached hydrogen (secondary N) is 2. The Morgan fingerprint density at radius 3 is 2.66 bits per heavy atom. The number of carbonyl (C=O) groups is 1. The lowest BCUT2D eigenvalue weighted by atomic mass is 9.79. The summed E-state index contributed by atoms with van der Waals surface area (Å²) in [4.78, 5) is 19.0. The second-order valence-corrected chi connectivity index (χ2v) is 8.86. The molecule has 1 aromatic rings. The van der Waals surface area contributed by atoms with Gasteiger partial charge in [-0.05, 0) is 43.9 Å². The maximum Gasteiger partial charge on any atom is 0.222 e. The number of halogens is 1. The summed E-state index contributed by atoms with van der Waals surface area (Å²) in [5.41, 5.74) is 1.34. The van der Waals surface area contributed by atoms with Gasteiger partial charge in [-0.3, -0.25) is 9.79 Å². The third-order valence-electron chi connectivity index (χ3n) is 6.78. The van der Waals surface area contributed by atoms with E-state index in [2.05, 4.69) is 35.8 Å². The van der Waals surface area contributed by atoms with Crippen LogP contribution in [0, 0.1) is 0 Å². The van der Waals surface area contributed by atoms with Crippen molar-refractivity contribution in [3.05, 3.63) is 23.8 Å². The molecule has 32 heavy (non-hydrogen) atoms. The summed E-state index contributed by atoms with van der Waals surface area (Å²) in [5.74, 6) is 2.78. The molecule has 2 aliphatic heterocycles. The number of fused-ring (bicyclic) bond motifs is 1. The van der Waals surface area contributed by atoms with Crippen molar-refractivity contribution >= 4 is 35.8 Å². The van der Waals surface area contributed by atoms with E-state index in [-0.39, 0.29) is 41.3 Å². The van der Waals surface area contributed by atoms with Crippen LogP contribution in [0.25, 0.3) is 0 Å². The fraction of sp³-hybridized carbons (Fsp3) is 0.667. The van der Waals surface area contributed by atoms with Crippen molar-refractivity contribution in [2.75, 3.05) is 39.4 Å². The van der Waals surface area contributed by atoms with Gasteiger partial charge in [-0.1, -0.05) is 25.8 Å². The number of amides is 1. The molecule has 1 saturated heterocycles. The van der Waals surface area contributed by atoms with E-state index in [9.17, 15) is 4.79 Å². The van der Waals surface area contributed by atoms with Gasteiger partial charge in [-0.15, -0.1) is 24.0 Å². The molecule has 2 fully saturated rings. The predicted octanol–water partition coefficient (Wildman–Crippen LogP) is 3.45. The average molecular weight is 556 g/mol. The number of guanidine groups is 1. The van der Waals surface area contributed by atoms with E-state index in [0.717, 1.165) is 62.9 Å². The third kappa shape index (κ3) is 5.61. The summed E-state index contributed by atoms with van der Waals surface area (Å²) in [7, 11) is 0. The fourth-order valence-electron chi connectivity index (χ4n) is 5.04. The van der Waals surface area contributed by atoms with Crippen molar-refractivity contribution in [2.45, 2.75) is 63.8 Å². The van der Waals surface area contributed by atoms with Crippen molar-refractivity contribution in [1.82, 2.24) is 15.5 Å². The molecule has 0 radical (unpaired) electrons. The summed E-state index contributed by atoms with van der Waals surface area (Å²) in [6, 6.07) is 6.66. The van der Waals surface area contributed by atoms with Crippen molar-refractivity contribution in [3.8, 4) is 11.5 Å². The Hall–Kier alpha value is -1.71. The van der Waals surface area contributed by atoms with Crippen LogP contribution in [0.15, 0.2) is 23.2 Å². The van der Waals surface area contributed by atoms with Gasteiger partial charge in [0.1, 0.15) is 13.2 Å². The fourth-order valence-corrected chi connectivity index (χ4v) is 5.04. The third-order valence-corrected chi connectivity index (χ3v) is 6.78. The van der Waals surface area contributed by atoms with E-state index < -0.39 is 0 Å². The minimum Gasteiger partial charge on any atom is -0.486 e. The molecular formula is C24H37IN4O3. The van der Waals surface area contributed by atoms with E-state index in [1.165, 1.54) is 18.4 Å². The quantitative estimate of drug-likeness (QED) is 0.319. The minimum atomic E-state index is 0. The van der Waals surface area contributed by atoms with Crippen LogP contribution in [0.5, 0.6) is 11.5 Å². The van der Waals surface area contributed by atoms with Gasteiger partial charge in [0.15, 0.2) is 17.5 Å². The van der Waals surface area contributed by atoms with Crippen LogP contribution in [0.1, 0.15) is 57.9 Å². The summed E-state index contributed by atoms with van der Waals surface area (Å²) >= 11 is 0. The molecule has 0 spiro atoms. The Bertz CT molecular complexity index is 810. The van der Waals surface area contributed by atoms with Crippen LogP contribution in [-0.4, -0.2) is 62.2 Å². The number of carbonyl (C=O) groups excluding carboxylic acids is 1. The largest absolute Gasteiger partial charge is 0.486 e. The average Bonchev–Trinajstić information content (AvgIpc) is 3.47. The first-order valence-electron chi connectivity index (χ1n) is 11.9. The minimum absolute atomic E-state index is 0. The smallest absolute Gasteiger partial charge is 0.222 e. The molecule has 0 aromatic heterocycles. The molecule has 0 bridgehead atoms. The van der Waals surface area contributed by atoms with Gasteiger partial charge >= 0.3 is 0 Å². The van der Waals surface area contributed by atoms with Gasteiger partial charge < -0.3 is 25.0 Å². The number of hydrogen-bond acceptors (Lipinski definition) is 4. The molecule has 7 nitrogen and oxygen atoms in total. The predicted molar refractivity (Wildman–Crippen MR) is 137 cm³/mol. The van der Waals surface area contributed by atoms with Gasteiger partial charge in [-0.25, -0.2) is 0 Å². The molecule has 1 unspecified atom stereocenters. The van der Waals surface area contributed by atoms with Gasteiger partial charge in [0.25, 0.3) is 0 Å². The number of aliphatic imine (C=N–C) groups is 1. The van der Waals surface area contributed by atoms with E-state index in [1.807, 2.05) is 11.8 Å². The van der Waals surface area contributed by atoms with Crippen molar-refractivity contribution in [2.24, 2.45) is 4.99 Å². The zero-order valence-corrected chi connectivity index (χ0v) is 21.7. The summed E-state index contributed by atoms with van der Waals surface area (Å²) in [5, 5.41) is 6.97. The van der Waals surface area contributed by atoms with Crippen LogP contribution < -0.4 is 20.1 Å². The van der Waals surface area contributed by atoms with Crippen molar-refractivity contribution < 1.29 is 14.3 Å². The highest BCUT2D eigenvalue weighted by atomic mass is 127. The SMILES string of the molecule is CCNC(=NCC1(c2ccc3c(c2)OCCO3)CCCC1)NC1CCN(C(=O)CC)C1.I. The maximum atomic E-state index is 12.0. The first kappa shape index (κ1) is 24.9. The monoisotopic (exact) mass is 556 g/mol. The molecule has 1 aliphatic carbocycles. The Morgan fingerprint density at radius 2 is 1.94 bits per heavy atom. The highest BCUT2D eigenvalue weighted by Crippen LogP contribution is 2.44. The molecular weight excluding hydrogens is 519 g/mol. The summed E-state index contributed by atoms with van der Waals surface area (Å²) in [6.07, 6.45) is 6.26. The number of likely N-dealkylation sites (tertiary alicyclic amines) is 1. The lowest BCUT2D eigenvalue weighted by molar-refractivity contribution is -0.129. The molecule has 2 heterocycles. The molecule has 3 aliphatic rings. The zero-order valence-electron chi connectivity index (χ0n) is 19.3. The summed E-state index contributed by atoms with van der Waals surface area (Å²) < 4.78 is 11.6. The lowest BCUT2D eigenvalue weighted by Gasteiger charge is -2.30. The lowest BCUT2D eigenvalue weighted by Crippen LogP contribution is -2.45. The van der Waals surface area contributed by atoms with Gasteiger partial charge in [0.2, 0.25) is 5.91 Å². The van der Waals surface area contributed by atoms with Crippen LogP contribution >= 0.6 is 24.0 Å². The normalized spacial score (nSPS) is 21.8. The summed E-state index contributed by atoms with van der Waals surface area (Å²) in [6.45, 7) is 8.37. The molecule has 178 valence electrons. The standard InChI is InChI=1S/C24H36N4O3.HI/c1-3-22(29)28-12-9-19(16-28)27-23(25-4-2)26-17-24(10-5-6-11-24)18-7-8-20-21(15-18)31-14-13-30-20;/h7-8,15,19H,3-6,9-14,16-17H2,1-2H3,(H2,25,26,27);1H. The number of hydrogen-bond donors (Lipinski definition) is 2. The Balaban J connectivity index is 0.00000289. The molecule has 1 saturated carbocycles. The molecule has 8 heteroatoms. The second kappa shape index (κ2) is 11.4. The molecule has 4 rings (SSSR count). The number of ether oxygens (including phenoxy) is 2. The van der Waals surface area contributed by atoms with E-state index in [1.54, 1.807) is 0 Å². The Kier molecular flexibility index (Phi) is 8.90. The molecule has 1 atom stereocenters. The highest BCUT2D eigenvalue weighted by molar-refractivity contribution is 14.0. The molecule has 1 amide bonds. The van der Waals surface area contributed by atoms with Gasteiger partial charge in [0, 0.05) is 37.5 Å². The maximum absolute atomic E-state index is 12.0. The zero-order chi connectivity index (χ0) is 21.7. The highest BCUT2D eigenvalue weighted by Gasteiger charge is 2.36. The van der Waals surface area contributed by atoms with E-state index in [0.29, 0.717) is 19.6 Å². The Morgan fingerprint density at radius 1 is 1.19 bits per heavy atom. The first-order chi connectivity index (χ1) is 15.1. The van der Waals surface area contributed by atoms with Gasteiger partial charge in [0.05, 0.1) is 6.54 Å². The molecule has 1 aromatic carbocycles. The Labute approximate surface area is 208 Å². The van der Waals surface area contributed by atoms with Crippen molar-refractivity contribution in [3.63, 3.8) is 0 Å². The number of rotatable bonds is 6. The number of nitrogens with zero attached hydrogens (tertiary/aromatic N) is 2. The van der Waals surface area contributed by atoms with E-state index >= 15 is 0 Å².